The van der Waals surface area contributed by atoms with Crippen molar-refractivity contribution in [2.45, 2.75) is 32.4 Å². The van der Waals surface area contributed by atoms with Crippen LogP contribution >= 0.6 is 0 Å². The Hall–Kier alpha value is -3.11. The van der Waals surface area contributed by atoms with Crippen LogP contribution in [0.4, 0.5) is 0 Å². The smallest absolute Gasteiger partial charge is 0.300 e. The van der Waals surface area contributed by atoms with Crippen LogP contribution in [0.3, 0.4) is 0 Å². The number of β-amino-alcohol motifs (C(OH)–C–C–N with tert-alkyl or cyclic N) is 1. The Balaban J connectivity index is 0.000000347. The van der Waals surface area contributed by atoms with Crippen LogP contribution < -0.4 is 14.8 Å². The number of ether oxygens (including phenoxy) is 2. The van der Waals surface area contributed by atoms with Crippen LogP contribution in [0.2, 0.25) is 0 Å². The fraction of sp³-hybridized carbons (Fsp3) is 0.450. The van der Waals surface area contributed by atoms with Crippen molar-refractivity contribution >= 4 is 11.9 Å². The average Bonchev–Trinajstić information content (AvgIpc) is 3.17. The van der Waals surface area contributed by atoms with Gasteiger partial charge in [-0.3, -0.25) is 9.59 Å². The number of carbonyl (C=O) groups is 2. The van der Waals surface area contributed by atoms with Crippen LogP contribution in [0.15, 0.2) is 30.6 Å². The maximum absolute atomic E-state index is 10.2. The second-order valence-corrected chi connectivity index (χ2v) is 6.68. The maximum atomic E-state index is 10.2. The highest BCUT2D eigenvalue weighted by atomic mass is 16.6. The third-order valence-electron chi connectivity index (χ3n) is 4.24. The average molecular weight is 421 g/mol. The van der Waals surface area contributed by atoms with Crippen molar-refractivity contribution in [3.05, 3.63) is 30.6 Å². The van der Waals surface area contributed by atoms with E-state index in [-0.39, 0.29) is 6.04 Å². The molecule has 10 heteroatoms. The molecule has 0 spiro atoms. The summed E-state index contributed by atoms with van der Waals surface area (Å²) in [5, 5.41) is 28.3. The number of imidazole rings is 1. The Bertz CT molecular complexity index is 833. The zero-order valence-corrected chi connectivity index (χ0v) is 16.9. The summed E-state index contributed by atoms with van der Waals surface area (Å²) < 4.78 is 13.3. The third-order valence-corrected chi connectivity index (χ3v) is 4.24. The van der Waals surface area contributed by atoms with E-state index >= 15 is 0 Å². The number of aliphatic hydroxyl groups excluding tert-OH is 1. The molecule has 0 amide bonds. The number of carboxylic acid groups (broad SMARTS) is 2. The molecule has 2 aliphatic heterocycles. The highest BCUT2D eigenvalue weighted by Gasteiger charge is 2.26. The van der Waals surface area contributed by atoms with E-state index in [9.17, 15) is 5.11 Å². The predicted molar refractivity (Wildman–Crippen MR) is 108 cm³/mol. The molecular formula is C20H27N3O7. The van der Waals surface area contributed by atoms with E-state index in [1.165, 1.54) is 0 Å². The number of aliphatic hydroxyl groups is 1. The molecule has 2 atom stereocenters. The second kappa shape index (κ2) is 11.2. The monoisotopic (exact) mass is 421 g/mol. The fourth-order valence-corrected chi connectivity index (χ4v) is 3.14. The Labute approximate surface area is 174 Å². The van der Waals surface area contributed by atoms with Gasteiger partial charge in [-0.15, -0.1) is 0 Å². The van der Waals surface area contributed by atoms with Crippen LogP contribution in [-0.4, -0.2) is 69.2 Å². The number of fused-ring (bicyclic) bond motifs is 1. The van der Waals surface area contributed by atoms with Crippen LogP contribution in [0.5, 0.6) is 11.5 Å². The number of hydrogen-bond acceptors (Lipinski definition) is 7. The number of nitrogens with one attached hydrogen (secondary N) is 1. The molecule has 0 aliphatic carbocycles. The lowest BCUT2D eigenvalue weighted by Gasteiger charge is -2.30. The highest BCUT2D eigenvalue weighted by Crippen LogP contribution is 2.35. The summed E-state index contributed by atoms with van der Waals surface area (Å²) in [5.74, 6) is 0.710. The van der Waals surface area contributed by atoms with Gasteiger partial charge >= 0.3 is 0 Å². The summed E-state index contributed by atoms with van der Waals surface area (Å²) in [6, 6.07) is 5.91. The lowest BCUT2D eigenvalue weighted by molar-refractivity contribution is -0.135. The van der Waals surface area contributed by atoms with E-state index in [4.69, 9.17) is 29.3 Å². The van der Waals surface area contributed by atoms with Crippen molar-refractivity contribution in [1.29, 1.82) is 0 Å². The zero-order valence-electron chi connectivity index (χ0n) is 16.9. The number of carboxylic acids is 2. The lowest BCUT2D eigenvalue weighted by atomic mass is 10.0. The fourth-order valence-electron chi connectivity index (χ4n) is 3.14. The van der Waals surface area contributed by atoms with Crippen molar-refractivity contribution in [3.63, 3.8) is 0 Å². The van der Waals surface area contributed by atoms with Gasteiger partial charge in [0.1, 0.15) is 19.0 Å². The molecule has 2 aromatic rings. The molecular weight excluding hydrogens is 394 g/mol. The van der Waals surface area contributed by atoms with Gasteiger partial charge in [-0.2, -0.15) is 0 Å². The maximum Gasteiger partial charge on any atom is 0.300 e. The van der Waals surface area contributed by atoms with Crippen molar-refractivity contribution in [1.82, 2.24) is 14.9 Å². The minimum Gasteiger partial charge on any atom is -0.486 e. The standard InChI is InChI=1S/C16H19N3O3.2C2H4O2/c20-13-10-17-4-3-12(13)19-6-5-18-16(19)11-1-2-14-15(9-11)22-8-7-21-14;2*1-2(3)4/h1-2,5-6,9,12-13,17,20H,3-4,7-8,10H2;2*1H3,(H,3,4)/t12-,13-;;/m0../s1. The molecule has 164 valence electrons. The van der Waals surface area contributed by atoms with Gasteiger partial charge in [0.25, 0.3) is 11.9 Å². The largest absolute Gasteiger partial charge is 0.486 e. The number of nitrogens with zero attached hydrogens (tertiary/aromatic N) is 2. The molecule has 0 unspecified atom stereocenters. The minimum absolute atomic E-state index is 0.0481. The Morgan fingerprint density at radius 1 is 1.13 bits per heavy atom. The molecule has 30 heavy (non-hydrogen) atoms. The van der Waals surface area contributed by atoms with Crippen LogP contribution in [0.25, 0.3) is 11.4 Å². The molecule has 1 saturated heterocycles. The van der Waals surface area contributed by atoms with Gasteiger partial charge in [-0.25, -0.2) is 4.98 Å². The lowest BCUT2D eigenvalue weighted by Crippen LogP contribution is -2.41. The van der Waals surface area contributed by atoms with Gasteiger partial charge in [-0.1, -0.05) is 0 Å². The number of aliphatic carboxylic acids is 2. The van der Waals surface area contributed by atoms with Gasteiger partial charge in [0.05, 0.1) is 12.1 Å². The van der Waals surface area contributed by atoms with Crippen molar-refractivity contribution < 1.29 is 34.4 Å². The summed E-state index contributed by atoms with van der Waals surface area (Å²) in [6.07, 6.45) is 4.19. The molecule has 1 fully saturated rings. The number of aromatic nitrogens is 2. The third kappa shape index (κ3) is 6.75. The number of piperidine rings is 1. The first-order valence-electron chi connectivity index (χ1n) is 9.50. The Morgan fingerprint density at radius 2 is 1.77 bits per heavy atom. The first kappa shape index (κ1) is 23.2. The summed E-state index contributed by atoms with van der Waals surface area (Å²) in [5.41, 5.74) is 0.972. The summed E-state index contributed by atoms with van der Waals surface area (Å²) in [6.45, 7) is 4.84. The van der Waals surface area contributed by atoms with Gasteiger partial charge in [-0.05, 0) is 31.2 Å². The van der Waals surface area contributed by atoms with Gasteiger partial charge in [0.2, 0.25) is 0 Å². The Kier molecular flexibility index (Phi) is 8.63. The molecule has 0 radical (unpaired) electrons. The molecule has 3 heterocycles. The van der Waals surface area contributed by atoms with Gasteiger partial charge in [0, 0.05) is 38.3 Å². The topological polar surface area (TPSA) is 143 Å². The zero-order chi connectivity index (χ0) is 22.1. The minimum atomic E-state index is -0.833. The molecule has 0 saturated carbocycles. The molecule has 1 aromatic carbocycles. The summed E-state index contributed by atoms with van der Waals surface area (Å²) in [7, 11) is 0. The molecule has 4 rings (SSSR count). The van der Waals surface area contributed by atoms with Crippen LogP contribution in [0.1, 0.15) is 26.3 Å². The number of hydrogen-bond donors (Lipinski definition) is 4. The van der Waals surface area contributed by atoms with E-state index in [0.29, 0.717) is 19.8 Å². The quantitative estimate of drug-likeness (QED) is 0.566. The van der Waals surface area contributed by atoms with Crippen LogP contribution in [-0.2, 0) is 9.59 Å². The van der Waals surface area contributed by atoms with E-state index in [2.05, 4.69) is 14.9 Å². The van der Waals surface area contributed by atoms with Gasteiger partial charge in [0.15, 0.2) is 11.5 Å². The highest BCUT2D eigenvalue weighted by molar-refractivity contribution is 5.63. The molecule has 1 aromatic heterocycles. The molecule has 2 aliphatic rings. The van der Waals surface area contributed by atoms with E-state index in [0.717, 1.165) is 49.7 Å². The van der Waals surface area contributed by atoms with Gasteiger partial charge < -0.3 is 34.7 Å². The van der Waals surface area contributed by atoms with Crippen LogP contribution in [0, 0.1) is 0 Å². The first-order valence-corrected chi connectivity index (χ1v) is 9.50. The molecule has 0 bridgehead atoms. The van der Waals surface area contributed by atoms with Crippen molar-refractivity contribution in [2.75, 3.05) is 26.3 Å². The van der Waals surface area contributed by atoms with Crippen molar-refractivity contribution in [2.24, 2.45) is 0 Å². The van der Waals surface area contributed by atoms with E-state index in [1.54, 1.807) is 6.20 Å². The number of benzene rings is 1. The summed E-state index contributed by atoms with van der Waals surface area (Å²) in [4.78, 5) is 22.5. The predicted octanol–water partition coefficient (Wildman–Crippen LogP) is 1.40. The van der Waals surface area contributed by atoms with E-state index < -0.39 is 18.0 Å². The second-order valence-electron chi connectivity index (χ2n) is 6.68. The summed E-state index contributed by atoms with van der Waals surface area (Å²) >= 11 is 0. The van der Waals surface area contributed by atoms with E-state index in [1.807, 2.05) is 24.4 Å². The SMILES string of the molecule is CC(=O)O.CC(=O)O.O[C@H]1CNCC[C@@H]1n1ccnc1-c1ccc2c(c1)OCCO2. The number of rotatable bonds is 2. The molecule has 4 N–H and O–H groups in total. The molecule has 10 nitrogen and oxygen atoms in total. The Morgan fingerprint density at radius 3 is 2.40 bits per heavy atom. The first-order chi connectivity index (χ1) is 14.3. The normalized spacial score (nSPS) is 19.4. The van der Waals surface area contributed by atoms with Crippen molar-refractivity contribution in [3.8, 4) is 22.9 Å².